The van der Waals surface area contributed by atoms with Crippen molar-refractivity contribution in [2.24, 2.45) is 0 Å². The van der Waals surface area contributed by atoms with Crippen LogP contribution in [0.2, 0.25) is 0 Å². The van der Waals surface area contributed by atoms with E-state index in [4.69, 9.17) is 0 Å². The van der Waals surface area contributed by atoms with Crippen LogP contribution in [0.3, 0.4) is 0 Å². The van der Waals surface area contributed by atoms with Gasteiger partial charge in [-0.15, -0.1) is 11.3 Å². The second kappa shape index (κ2) is 8.52. The molecule has 2 aromatic carbocycles. The monoisotopic (exact) mass is 524 g/mol. The number of nitrogens with zero attached hydrogens (tertiary/aromatic N) is 2. The third-order valence-electron chi connectivity index (χ3n) is 4.45. The Balaban J connectivity index is 1.78. The summed E-state index contributed by atoms with van der Waals surface area (Å²) in [6.07, 6.45) is 3.19. The van der Waals surface area contributed by atoms with Crippen molar-refractivity contribution in [2.45, 2.75) is 10.6 Å². The van der Waals surface area contributed by atoms with Gasteiger partial charge in [0.15, 0.2) is 13.8 Å². The zero-order valence-electron chi connectivity index (χ0n) is 15.5. The lowest BCUT2D eigenvalue weighted by molar-refractivity contribution is 0.551. The smallest absolute Gasteiger partial charge is 0.185 e. The summed E-state index contributed by atoms with van der Waals surface area (Å²) in [5.41, 5.74) is 1.02. The van der Waals surface area contributed by atoms with Crippen LogP contribution in [-0.4, -0.2) is 18.4 Å². The molecule has 2 heterocycles. The Bertz CT molecular complexity index is 1380. The Morgan fingerprint density at radius 1 is 1.00 bits per heavy atom. The average molecular weight is 525 g/mol. The van der Waals surface area contributed by atoms with Crippen LogP contribution in [0.4, 0.5) is 13.2 Å². The van der Waals surface area contributed by atoms with Gasteiger partial charge in [0, 0.05) is 23.5 Å². The second-order valence-electron chi connectivity index (χ2n) is 6.49. The molecule has 10 heteroatoms. The summed E-state index contributed by atoms with van der Waals surface area (Å²) < 4.78 is 68.7. The Morgan fingerprint density at radius 3 is 2.48 bits per heavy atom. The summed E-state index contributed by atoms with van der Waals surface area (Å²) in [7, 11) is -4.34. The van der Waals surface area contributed by atoms with E-state index in [1.165, 1.54) is 29.5 Å². The minimum absolute atomic E-state index is 0.0983. The first kappa shape index (κ1) is 21.7. The maximum atomic E-state index is 15.4. The largest absolute Gasteiger partial charge is 0.265 e. The number of halogens is 4. The van der Waals surface area contributed by atoms with E-state index in [1.807, 2.05) is 0 Å². The third-order valence-corrected chi connectivity index (χ3v) is 7.68. The number of aromatic nitrogens is 2. The van der Waals surface area contributed by atoms with Crippen LogP contribution in [0.5, 0.6) is 0 Å². The molecule has 4 rings (SSSR count). The highest BCUT2D eigenvalue weighted by atomic mass is 79.9. The Labute approximate surface area is 188 Å². The van der Waals surface area contributed by atoms with Gasteiger partial charge >= 0.3 is 0 Å². The van der Waals surface area contributed by atoms with Gasteiger partial charge < -0.3 is 0 Å². The van der Waals surface area contributed by atoms with Gasteiger partial charge in [-0.25, -0.2) is 26.6 Å². The molecule has 31 heavy (non-hydrogen) atoms. The topological polar surface area (TPSA) is 59.9 Å². The van der Waals surface area contributed by atoms with Gasteiger partial charge in [-0.1, -0.05) is 12.1 Å². The number of rotatable bonds is 5. The fourth-order valence-electron chi connectivity index (χ4n) is 3.05. The lowest BCUT2D eigenvalue weighted by Crippen LogP contribution is -2.09. The van der Waals surface area contributed by atoms with E-state index in [2.05, 4.69) is 25.9 Å². The van der Waals surface area contributed by atoms with Gasteiger partial charge in [-0.2, -0.15) is 0 Å². The number of sulfone groups is 1. The molecule has 0 aliphatic rings. The van der Waals surface area contributed by atoms with Gasteiger partial charge in [0.05, 0.1) is 16.3 Å². The summed E-state index contributed by atoms with van der Waals surface area (Å²) in [6, 6.07) is 9.91. The van der Waals surface area contributed by atoms with Crippen molar-refractivity contribution in [1.29, 1.82) is 0 Å². The first-order valence-electron chi connectivity index (χ1n) is 8.78. The lowest BCUT2D eigenvalue weighted by Gasteiger charge is -2.10. The highest BCUT2D eigenvalue weighted by Crippen LogP contribution is 2.40. The molecule has 2 aromatic heterocycles. The van der Waals surface area contributed by atoms with E-state index in [0.717, 1.165) is 17.7 Å². The van der Waals surface area contributed by atoms with Crippen molar-refractivity contribution >= 4 is 37.1 Å². The van der Waals surface area contributed by atoms with Crippen molar-refractivity contribution in [1.82, 2.24) is 9.97 Å². The maximum absolute atomic E-state index is 15.4. The molecule has 0 unspecified atom stereocenters. The van der Waals surface area contributed by atoms with E-state index in [1.54, 1.807) is 24.5 Å². The zero-order valence-corrected chi connectivity index (χ0v) is 18.7. The molecule has 0 aliphatic carbocycles. The van der Waals surface area contributed by atoms with Crippen LogP contribution in [0.15, 0.2) is 69.7 Å². The molecule has 0 fully saturated rings. The minimum Gasteiger partial charge on any atom is -0.265 e. The van der Waals surface area contributed by atoms with Crippen molar-refractivity contribution in [3.05, 3.63) is 87.9 Å². The predicted molar refractivity (Wildman–Crippen MR) is 116 cm³/mol. The normalized spacial score (nSPS) is 11.6. The molecule has 0 spiro atoms. The van der Waals surface area contributed by atoms with Crippen molar-refractivity contribution in [3.8, 4) is 21.7 Å². The maximum Gasteiger partial charge on any atom is 0.185 e. The van der Waals surface area contributed by atoms with Gasteiger partial charge in [-0.05, 0) is 57.9 Å². The van der Waals surface area contributed by atoms with Crippen LogP contribution in [0.1, 0.15) is 5.56 Å². The zero-order chi connectivity index (χ0) is 22.2. The number of hydrogen-bond donors (Lipinski definition) is 0. The van der Waals surface area contributed by atoms with Gasteiger partial charge in [0.1, 0.15) is 22.3 Å². The van der Waals surface area contributed by atoms with E-state index in [0.29, 0.717) is 20.6 Å². The fourth-order valence-corrected chi connectivity index (χ4v) is 5.97. The first-order valence-corrected chi connectivity index (χ1v) is 12.0. The molecular formula is C21H12BrF3N2O2S2. The first-order chi connectivity index (χ1) is 14.8. The molecular weight excluding hydrogens is 513 g/mol. The molecule has 0 aliphatic heterocycles. The fraction of sp³-hybridized carbons (Fsp3) is 0.0476. The Kier molecular flexibility index (Phi) is 5.96. The Hall–Kier alpha value is -2.56. The predicted octanol–water partition coefficient (Wildman–Crippen LogP) is 6.03. The van der Waals surface area contributed by atoms with Crippen LogP contribution in [-0.2, 0) is 15.6 Å². The summed E-state index contributed by atoms with van der Waals surface area (Å²) in [5, 5.41) is 0. The summed E-state index contributed by atoms with van der Waals surface area (Å²) in [5.74, 6) is -3.62. The molecule has 4 aromatic rings. The summed E-state index contributed by atoms with van der Waals surface area (Å²) in [4.78, 5) is 8.18. The second-order valence-corrected chi connectivity index (χ2v) is 10.7. The number of pyridine rings is 1. The molecule has 0 saturated carbocycles. The van der Waals surface area contributed by atoms with Gasteiger partial charge in [0.2, 0.25) is 0 Å². The van der Waals surface area contributed by atoms with Gasteiger partial charge in [0.25, 0.3) is 0 Å². The molecule has 0 bridgehead atoms. The van der Waals surface area contributed by atoms with Crippen LogP contribution in [0, 0.1) is 17.5 Å². The van der Waals surface area contributed by atoms with E-state index >= 15 is 4.39 Å². The molecule has 4 nitrogen and oxygen atoms in total. The quantitative estimate of drug-likeness (QED) is 0.320. The van der Waals surface area contributed by atoms with Crippen LogP contribution >= 0.6 is 27.3 Å². The highest BCUT2D eigenvalue weighted by molar-refractivity contribution is 9.11. The molecule has 0 amide bonds. The molecule has 0 N–H and O–H groups in total. The van der Waals surface area contributed by atoms with Crippen molar-refractivity contribution < 1.29 is 21.6 Å². The van der Waals surface area contributed by atoms with Crippen LogP contribution < -0.4 is 0 Å². The lowest BCUT2D eigenvalue weighted by atomic mass is 10.0. The molecule has 0 saturated heterocycles. The molecule has 0 radical (unpaired) electrons. The highest BCUT2D eigenvalue weighted by Gasteiger charge is 2.25. The van der Waals surface area contributed by atoms with E-state index in [9.17, 15) is 17.2 Å². The standard InChI is InChI=1S/C21H12BrF3N2O2S2/c22-21-27-19(20(30-21)12-6-8-26-9-7-12)15-3-1-2-13(18(15)25)11-31(28,29)17-10-14(23)4-5-16(17)24/h1-10H,11H2. The van der Waals surface area contributed by atoms with Gasteiger partial charge in [-0.3, -0.25) is 4.98 Å². The summed E-state index contributed by atoms with van der Waals surface area (Å²) >= 11 is 4.60. The van der Waals surface area contributed by atoms with E-state index < -0.39 is 37.9 Å². The van der Waals surface area contributed by atoms with E-state index in [-0.39, 0.29) is 11.1 Å². The SMILES string of the molecule is O=S(=O)(Cc1cccc(-c2nc(Br)sc2-c2ccncc2)c1F)c1cc(F)ccc1F. The average Bonchev–Trinajstić information content (AvgIpc) is 3.13. The number of benzene rings is 2. The van der Waals surface area contributed by atoms with Crippen LogP contribution in [0.25, 0.3) is 21.7 Å². The Morgan fingerprint density at radius 2 is 1.74 bits per heavy atom. The molecule has 158 valence electrons. The van der Waals surface area contributed by atoms with Crippen molar-refractivity contribution in [3.63, 3.8) is 0 Å². The third kappa shape index (κ3) is 4.41. The van der Waals surface area contributed by atoms with Crippen molar-refractivity contribution in [2.75, 3.05) is 0 Å². The summed E-state index contributed by atoms with van der Waals surface area (Å²) in [6.45, 7) is 0. The molecule has 0 atom stereocenters. The minimum atomic E-state index is -4.34. The number of thiazole rings is 1. The number of hydrogen-bond acceptors (Lipinski definition) is 5.